The first-order valence-corrected chi connectivity index (χ1v) is 9.62. The van der Waals surface area contributed by atoms with Gasteiger partial charge in [0.2, 0.25) is 0 Å². The van der Waals surface area contributed by atoms with E-state index < -0.39 is 0 Å². The first kappa shape index (κ1) is 18.2. The van der Waals surface area contributed by atoms with Crippen LogP contribution in [0, 0.1) is 12.7 Å². The molecule has 4 heteroatoms. The van der Waals surface area contributed by atoms with Crippen molar-refractivity contribution in [3.8, 4) is 17.1 Å². The summed E-state index contributed by atoms with van der Waals surface area (Å²) in [5, 5.41) is 0. The maximum atomic E-state index is 13.3. The minimum absolute atomic E-state index is 0.236. The minimum Gasteiger partial charge on any atom is -0.493 e. The molecule has 0 unspecified atom stereocenters. The maximum absolute atomic E-state index is 13.3. The monoisotopic (exact) mass is 374 g/mol. The summed E-state index contributed by atoms with van der Waals surface area (Å²) in [7, 11) is 0. The highest BCUT2D eigenvalue weighted by Gasteiger charge is 2.12. The summed E-state index contributed by atoms with van der Waals surface area (Å²) in [6, 6.07) is 22.7. The molecule has 0 radical (unpaired) electrons. The quantitative estimate of drug-likeness (QED) is 0.370. The number of halogens is 1. The number of para-hydroxylation sites is 3. The summed E-state index contributed by atoms with van der Waals surface area (Å²) in [6.07, 6.45) is 1.92. The number of benzene rings is 3. The van der Waals surface area contributed by atoms with Gasteiger partial charge in [-0.1, -0.05) is 30.3 Å². The van der Waals surface area contributed by atoms with Crippen LogP contribution in [0.25, 0.3) is 22.4 Å². The fourth-order valence-electron chi connectivity index (χ4n) is 3.39. The Labute approximate surface area is 164 Å². The number of aromatic nitrogens is 2. The van der Waals surface area contributed by atoms with Gasteiger partial charge in [-0.25, -0.2) is 9.37 Å². The predicted octanol–water partition coefficient (Wildman–Crippen LogP) is 6.01. The van der Waals surface area contributed by atoms with Crippen LogP contribution in [-0.2, 0) is 6.54 Å². The molecule has 0 atom stereocenters. The van der Waals surface area contributed by atoms with E-state index in [1.165, 1.54) is 12.1 Å². The van der Waals surface area contributed by atoms with Gasteiger partial charge in [0.05, 0.1) is 17.6 Å². The van der Waals surface area contributed by atoms with Crippen LogP contribution in [0.3, 0.4) is 0 Å². The summed E-state index contributed by atoms with van der Waals surface area (Å²) in [5.74, 6) is 1.59. The second-order valence-corrected chi connectivity index (χ2v) is 6.90. The number of hydrogen-bond acceptors (Lipinski definition) is 2. The van der Waals surface area contributed by atoms with E-state index in [1.54, 1.807) is 12.1 Å². The van der Waals surface area contributed by atoms with Crippen molar-refractivity contribution in [3.05, 3.63) is 84.2 Å². The summed E-state index contributed by atoms with van der Waals surface area (Å²) < 4.78 is 21.4. The van der Waals surface area contributed by atoms with Crippen LogP contribution < -0.4 is 4.74 Å². The lowest BCUT2D eigenvalue weighted by Crippen LogP contribution is -2.04. The van der Waals surface area contributed by atoms with Gasteiger partial charge in [0.1, 0.15) is 17.4 Å². The van der Waals surface area contributed by atoms with Crippen molar-refractivity contribution in [2.75, 3.05) is 6.61 Å². The van der Waals surface area contributed by atoms with Crippen molar-refractivity contribution in [3.63, 3.8) is 0 Å². The molecule has 0 fully saturated rings. The Morgan fingerprint density at radius 2 is 1.64 bits per heavy atom. The molecular weight excluding hydrogens is 351 g/mol. The number of fused-ring (bicyclic) bond motifs is 1. The van der Waals surface area contributed by atoms with Crippen LogP contribution in [0.15, 0.2) is 72.8 Å². The Morgan fingerprint density at radius 1 is 0.893 bits per heavy atom. The van der Waals surface area contributed by atoms with Gasteiger partial charge < -0.3 is 9.30 Å². The number of imidazole rings is 1. The Bertz CT molecular complexity index is 1070. The van der Waals surface area contributed by atoms with Gasteiger partial charge in [-0.3, -0.25) is 0 Å². The summed E-state index contributed by atoms with van der Waals surface area (Å²) in [6.45, 7) is 3.58. The Kier molecular flexibility index (Phi) is 5.38. The van der Waals surface area contributed by atoms with E-state index in [1.807, 2.05) is 36.4 Å². The topological polar surface area (TPSA) is 27.1 Å². The molecule has 0 N–H and O–H groups in total. The third-order valence-corrected chi connectivity index (χ3v) is 4.88. The first-order chi connectivity index (χ1) is 13.7. The SMILES string of the molecule is Cc1ccccc1OCCCCn1c(-c2ccc(F)cc2)nc2ccccc21. The molecule has 28 heavy (non-hydrogen) atoms. The van der Waals surface area contributed by atoms with Crippen LogP contribution in [0.1, 0.15) is 18.4 Å². The third kappa shape index (κ3) is 3.91. The van der Waals surface area contributed by atoms with E-state index >= 15 is 0 Å². The molecule has 4 aromatic rings. The number of hydrogen-bond donors (Lipinski definition) is 0. The Balaban J connectivity index is 1.47. The largest absolute Gasteiger partial charge is 0.493 e. The molecule has 1 aromatic heterocycles. The average molecular weight is 374 g/mol. The normalized spacial score (nSPS) is 11.1. The van der Waals surface area contributed by atoms with Crippen molar-refractivity contribution in [2.24, 2.45) is 0 Å². The van der Waals surface area contributed by atoms with Crippen LogP contribution in [0.2, 0.25) is 0 Å². The smallest absolute Gasteiger partial charge is 0.141 e. The van der Waals surface area contributed by atoms with Gasteiger partial charge >= 0.3 is 0 Å². The van der Waals surface area contributed by atoms with E-state index in [2.05, 4.69) is 23.6 Å². The van der Waals surface area contributed by atoms with E-state index in [4.69, 9.17) is 9.72 Å². The van der Waals surface area contributed by atoms with Crippen molar-refractivity contribution in [2.45, 2.75) is 26.3 Å². The zero-order valence-corrected chi connectivity index (χ0v) is 15.9. The molecular formula is C24H23FN2O. The average Bonchev–Trinajstić information content (AvgIpc) is 3.08. The van der Waals surface area contributed by atoms with Gasteiger partial charge in [0, 0.05) is 12.1 Å². The summed E-state index contributed by atoms with van der Waals surface area (Å²) >= 11 is 0. The molecule has 4 rings (SSSR count). The van der Waals surface area contributed by atoms with Gasteiger partial charge in [-0.2, -0.15) is 0 Å². The molecule has 0 spiro atoms. The lowest BCUT2D eigenvalue weighted by Gasteiger charge is -2.11. The lowest BCUT2D eigenvalue weighted by atomic mass is 10.2. The van der Waals surface area contributed by atoms with Crippen LogP contribution in [-0.4, -0.2) is 16.2 Å². The molecule has 1 heterocycles. The highest BCUT2D eigenvalue weighted by molar-refractivity contribution is 5.80. The highest BCUT2D eigenvalue weighted by Crippen LogP contribution is 2.25. The summed E-state index contributed by atoms with van der Waals surface area (Å²) in [5.41, 5.74) is 4.13. The van der Waals surface area contributed by atoms with Crippen molar-refractivity contribution >= 4 is 11.0 Å². The zero-order valence-electron chi connectivity index (χ0n) is 15.9. The number of rotatable bonds is 7. The molecule has 0 amide bonds. The fraction of sp³-hybridized carbons (Fsp3) is 0.208. The van der Waals surface area contributed by atoms with Gasteiger partial charge in [-0.05, 0) is 67.8 Å². The third-order valence-electron chi connectivity index (χ3n) is 4.88. The second kappa shape index (κ2) is 8.26. The van der Waals surface area contributed by atoms with Crippen LogP contribution >= 0.6 is 0 Å². The Morgan fingerprint density at radius 3 is 2.46 bits per heavy atom. The molecule has 0 saturated carbocycles. The minimum atomic E-state index is -0.236. The molecule has 0 bridgehead atoms. The van der Waals surface area contributed by atoms with E-state index in [9.17, 15) is 4.39 Å². The lowest BCUT2D eigenvalue weighted by molar-refractivity contribution is 0.302. The van der Waals surface area contributed by atoms with Crippen molar-refractivity contribution in [1.29, 1.82) is 0 Å². The van der Waals surface area contributed by atoms with E-state index in [0.717, 1.165) is 53.1 Å². The molecule has 0 aliphatic heterocycles. The molecule has 142 valence electrons. The molecule has 3 nitrogen and oxygen atoms in total. The maximum Gasteiger partial charge on any atom is 0.141 e. The number of unbranched alkanes of at least 4 members (excludes halogenated alkanes) is 1. The molecule has 0 saturated heterocycles. The molecule has 3 aromatic carbocycles. The van der Waals surface area contributed by atoms with E-state index in [-0.39, 0.29) is 5.82 Å². The fourth-order valence-corrected chi connectivity index (χ4v) is 3.39. The molecule has 0 aliphatic rings. The first-order valence-electron chi connectivity index (χ1n) is 9.62. The number of ether oxygens (including phenoxy) is 1. The summed E-state index contributed by atoms with van der Waals surface area (Å²) in [4.78, 5) is 4.78. The van der Waals surface area contributed by atoms with Gasteiger partial charge in [0.25, 0.3) is 0 Å². The van der Waals surface area contributed by atoms with Crippen molar-refractivity contribution < 1.29 is 9.13 Å². The van der Waals surface area contributed by atoms with Crippen LogP contribution in [0.5, 0.6) is 5.75 Å². The second-order valence-electron chi connectivity index (χ2n) is 6.90. The Hall–Kier alpha value is -3.14. The predicted molar refractivity (Wildman–Crippen MR) is 111 cm³/mol. The van der Waals surface area contributed by atoms with Gasteiger partial charge in [-0.15, -0.1) is 0 Å². The standard InChI is InChI=1S/C24H23FN2O/c1-18-8-2-5-11-23(18)28-17-7-6-16-27-22-10-4-3-9-21(22)26-24(27)19-12-14-20(25)15-13-19/h2-5,8-15H,6-7,16-17H2,1H3. The van der Waals surface area contributed by atoms with Crippen LogP contribution in [0.4, 0.5) is 4.39 Å². The van der Waals surface area contributed by atoms with Gasteiger partial charge in [0.15, 0.2) is 0 Å². The number of aryl methyl sites for hydroxylation is 2. The van der Waals surface area contributed by atoms with E-state index in [0.29, 0.717) is 6.61 Å². The highest BCUT2D eigenvalue weighted by atomic mass is 19.1. The number of nitrogens with zero attached hydrogens (tertiary/aromatic N) is 2. The molecule has 0 aliphatic carbocycles. The zero-order chi connectivity index (χ0) is 19.3. The van der Waals surface area contributed by atoms with Crippen molar-refractivity contribution in [1.82, 2.24) is 9.55 Å².